The van der Waals surface area contributed by atoms with Gasteiger partial charge in [-0.05, 0) is 24.6 Å². The highest BCUT2D eigenvalue weighted by atomic mass is 32.2. The van der Waals surface area contributed by atoms with E-state index in [0.717, 1.165) is 22.0 Å². The number of rotatable bonds is 4. The summed E-state index contributed by atoms with van der Waals surface area (Å²) in [6.45, 7) is 3.54. The van der Waals surface area contributed by atoms with E-state index in [4.69, 9.17) is 5.73 Å². The van der Waals surface area contributed by atoms with Crippen LogP contribution in [0.3, 0.4) is 0 Å². The van der Waals surface area contributed by atoms with Crippen molar-refractivity contribution < 1.29 is 4.79 Å². The Bertz CT molecular complexity index is 595. The van der Waals surface area contributed by atoms with Crippen LogP contribution in [0.25, 0.3) is 0 Å². The molecule has 0 aliphatic rings. The van der Waals surface area contributed by atoms with Gasteiger partial charge in [-0.1, -0.05) is 6.07 Å². The molecule has 1 amide bonds. The highest BCUT2D eigenvalue weighted by Crippen LogP contribution is 2.28. The van der Waals surface area contributed by atoms with Crippen LogP contribution in [-0.2, 0) is 10.5 Å². The molecule has 0 aliphatic heterocycles. The summed E-state index contributed by atoms with van der Waals surface area (Å²) in [6.07, 6.45) is 0. The standard InChI is InChI=1S/C13H15N3OS2/c1-8-3-4-10(14)5-12(8)18-6-11-7-19-13(16-11)15-9(2)17/h3-5,7H,6,14H2,1-2H3,(H,15,16,17). The molecule has 100 valence electrons. The molecule has 6 heteroatoms. The molecule has 0 radical (unpaired) electrons. The van der Waals surface area contributed by atoms with Crippen molar-refractivity contribution >= 4 is 39.8 Å². The summed E-state index contributed by atoms with van der Waals surface area (Å²) in [7, 11) is 0. The first-order valence-electron chi connectivity index (χ1n) is 5.75. The molecule has 0 aliphatic carbocycles. The molecule has 3 N–H and O–H groups in total. The first kappa shape index (κ1) is 13.9. The van der Waals surface area contributed by atoms with Crippen LogP contribution in [0.4, 0.5) is 10.8 Å². The highest BCUT2D eigenvalue weighted by molar-refractivity contribution is 7.98. The maximum atomic E-state index is 10.9. The smallest absolute Gasteiger partial charge is 0.223 e. The van der Waals surface area contributed by atoms with E-state index in [9.17, 15) is 4.79 Å². The van der Waals surface area contributed by atoms with E-state index in [2.05, 4.69) is 17.2 Å². The van der Waals surface area contributed by atoms with Crippen molar-refractivity contribution in [2.24, 2.45) is 0 Å². The van der Waals surface area contributed by atoms with Gasteiger partial charge in [0.15, 0.2) is 5.13 Å². The van der Waals surface area contributed by atoms with Gasteiger partial charge >= 0.3 is 0 Å². The molecule has 2 aromatic rings. The number of hydrogen-bond donors (Lipinski definition) is 2. The van der Waals surface area contributed by atoms with Crippen molar-refractivity contribution in [2.75, 3.05) is 11.1 Å². The largest absolute Gasteiger partial charge is 0.399 e. The number of hydrogen-bond acceptors (Lipinski definition) is 5. The summed E-state index contributed by atoms with van der Waals surface area (Å²) >= 11 is 3.14. The number of amides is 1. The molecule has 1 heterocycles. The fraction of sp³-hybridized carbons (Fsp3) is 0.231. The third-order valence-electron chi connectivity index (χ3n) is 2.42. The molecule has 4 nitrogen and oxygen atoms in total. The van der Waals surface area contributed by atoms with Gasteiger partial charge in [0.05, 0.1) is 5.69 Å². The molecule has 0 atom stereocenters. The number of carbonyl (C=O) groups is 1. The molecule has 0 fully saturated rings. The zero-order valence-electron chi connectivity index (χ0n) is 10.8. The number of anilines is 2. The number of nitrogens with two attached hydrogens (primary N) is 1. The van der Waals surface area contributed by atoms with Crippen LogP contribution in [0.5, 0.6) is 0 Å². The number of benzene rings is 1. The third-order valence-corrected chi connectivity index (χ3v) is 4.42. The van der Waals surface area contributed by atoms with Crippen molar-refractivity contribution in [1.29, 1.82) is 0 Å². The normalized spacial score (nSPS) is 10.4. The van der Waals surface area contributed by atoms with Gasteiger partial charge < -0.3 is 11.1 Å². The molecule has 0 bridgehead atoms. The molecular weight excluding hydrogens is 278 g/mol. The average Bonchev–Trinajstić information content (AvgIpc) is 2.77. The van der Waals surface area contributed by atoms with Crippen molar-refractivity contribution in [3.05, 3.63) is 34.8 Å². The zero-order valence-corrected chi connectivity index (χ0v) is 12.4. The SMILES string of the molecule is CC(=O)Nc1nc(CSc2cc(N)ccc2C)cs1. The summed E-state index contributed by atoms with van der Waals surface area (Å²) in [5.41, 5.74) is 8.71. The van der Waals surface area contributed by atoms with Gasteiger partial charge in [-0.15, -0.1) is 23.1 Å². The second-order valence-electron chi connectivity index (χ2n) is 4.14. The number of nitrogen functional groups attached to an aromatic ring is 1. The van der Waals surface area contributed by atoms with Gasteiger partial charge in [-0.3, -0.25) is 4.79 Å². The number of nitrogens with zero attached hydrogens (tertiary/aromatic N) is 1. The highest BCUT2D eigenvalue weighted by Gasteiger charge is 2.05. The number of thioether (sulfide) groups is 1. The topological polar surface area (TPSA) is 68.0 Å². The van der Waals surface area contributed by atoms with Gasteiger partial charge in [-0.2, -0.15) is 0 Å². The van der Waals surface area contributed by atoms with Crippen LogP contribution in [0, 0.1) is 6.92 Å². The Morgan fingerprint density at radius 2 is 2.32 bits per heavy atom. The van der Waals surface area contributed by atoms with Gasteiger partial charge in [-0.25, -0.2) is 4.98 Å². The van der Waals surface area contributed by atoms with Crippen molar-refractivity contribution in [3.8, 4) is 0 Å². The lowest BCUT2D eigenvalue weighted by Gasteiger charge is -2.05. The van der Waals surface area contributed by atoms with Gasteiger partial charge in [0, 0.05) is 28.6 Å². The molecule has 1 aromatic heterocycles. The monoisotopic (exact) mass is 293 g/mol. The minimum atomic E-state index is -0.0970. The summed E-state index contributed by atoms with van der Waals surface area (Å²) < 4.78 is 0. The van der Waals surface area contributed by atoms with Crippen LogP contribution >= 0.6 is 23.1 Å². The number of aromatic nitrogens is 1. The van der Waals surface area contributed by atoms with Gasteiger partial charge in [0.25, 0.3) is 0 Å². The Kier molecular flexibility index (Phi) is 4.44. The second-order valence-corrected chi connectivity index (χ2v) is 6.01. The quantitative estimate of drug-likeness (QED) is 0.670. The number of nitrogens with one attached hydrogen (secondary N) is 1. The van der Waals surface area contributed by atoms with Crippen molar-refractivity contribution in [2.45, 2.75) is 24.5 Å². The van der Waals surface area contributed by atoms with Gasteiger partial charge in [0.2, 0.25) is 5.91 Å². The van der Waals surface area contributed by atoms with Crippen molar-refractivity contribution in [1.82, 2.24) is 4.98 Å². The molecule has 1 aromatic carbocycles. The Balaban J connectivity index is 2.00. The number of thiazole rings is 1. The van der Waals surface area contributed by atoms with E-state index in [-0.39, 0.29) is 5.91 Å². The van der Waals surface area contributed by atoms with E-state index in [1.807, 2.05) is 23.6 Å². The van der Waals surface area contributed by atoms with Crippen LogP contribution in [-0.4, -0.2) is 10.9 Å². The molecule has 0 unspecified atom stereocenters. The lowest BCUT2D eigenvalue weighted by molar-refractivity contribution is -0.114. The molecule has 0 saturated heterocycles. The molecule has 0 saturated carbocycles. The maximum absolute atomic E-state index is 10.9. The summed E-state index contributed by atoms with van der Waals surface area (Å²) in [4.78, 5) is 16.4. The Morgan fingerprint density at radius 1 is 1.53 bits per heavy atom. The fourth-order valence-electron chi connectivity index (χ4n) is 1.51. The summed E-state index contributed by atoms with van der Waals surface area (Å²) in [6, 6.07) is 5.89. The van der Waals surface area contributed by atoms with Crippen LogP contribution in [0.15, 0.2) is 28.5 Å². The molecule has 2 rings (SSSR count). The summed E-state index contributed by atoms with van der Waals surface area (Å²) in [5, 5.41) is 5.29. The number of aryl methyl sites for hydroxylation is 1. The second kappa shape index (κ2) is 6.08. The maximum Gasteiger partial charge on any atom is 0.223 e. The van der Waals surface area contributed by atoms with E-state index in [0.29, 0.717) is 5.13 Å². The predicted octanol–water partition coefficient (Wildman–Crippen LogP) is 3.28. The van der Waals surface area contributed by atoms with Crippen LogP contribution in [0.1, 0.15) is 18.2 Å². The Morgan fingerprint density at radius 3 is 3.05 bits per heavy atom. The van der Waals surface area contributed by atoms with Gasteiger partial charge in [0.1, 0.15) is 0 Å². The lowest BCUT2D eigenvalue weighted by Crippen LogP contribution is -2.05. The number of carbonyl (C=O) groups excluding carboxylic acids is 1. The molecule has 0 spiro atoms. The van der Waals surface area contributed by atoms with Crippen LogP contribution < -0.4 is 11.1 Å². The predicted molar refractivity (Wildman–Crippen MR) is 81.6 cm³/mol. The van der Waals surface area contributed by atoms with Crippen molar-refractivity contribution in [3.63, 3.8) is 0 Å². The fourth-order valence-corrected chi connectivity index (χ4v) is 3.33. The first-order valence-corrected chi connectivity index (χ1v) is 7.62. The first-order chi connectivity index (χ1) is 9.04. The van der Waals surface area contributed by atoms with E-state index >= 15 is 0 Å². The lowest BCUT2D eigenvalue weighted by atomic mass is 10.2. The Labute approximate surface area is 120 Å². The minimum Gasteiger partial charge on any atom is -0.399 e. The average molecular weight is 293 g/mol. The molecular formula is C13H15N3OS2. The van der Waals surface area contributed by atoms with Crippen LogP contribution in [0.2, 0.25) is 0 Å². The Hall–Kier alpha value is -1.53. The zero-order chi connectivity index (χ0) is 13.8. The third kappa shape index (κ3) is 3.97. The summed E-state index contributed by atoms with van der Waals surface area (Å²) in [5.74, 6) is 0.667. The molecule has 19 heavy (non-hydrogen) atoms. The minimum absolute atomic E-state index is 0.0970. The van der Waals surface area contributed by atoms with E-state index in [1.54, 1.807) is 11.8 Å². The van der Waals surface area contributed by atoms with E-state index in [1.165, 1.54) is 23.8 Å². The van der Waals surface area contributed by atoms with E-state index < -0.39 is 0 Å².